The molecule has 1 aliphatic carbocycles. The number of aromatic nitrogens is 3. The monoisotopic (exact) mass is 572 g/mol. The van der Waals surface area contributed by atoms with E-state index in [4.69, 9.17) is 16.1 Å². The first-order valence-electron chi connectivity index (χ1n) is 15.1. The van der Waals surface area contributed by atoms with E-state index in [0.29, 0.717) is 41.8 Å². The Morgan fingerprint density at radius 1 is 1.17 bits per heavy atom. The van der Waals surface area contributed by atoms with E-state index in [2.05, 4.69) is 31.0 Å². The number of nitrogens with one attached hydrogen (secondary N) is 1. The highest BCUT2D eigenvalue weighted by Crippen LogP contribution is 2.44. The molecule has 218 valence electrons. The van der Waals surface area contributed by atoms with Crippen LogP contribution in [0, 0.1) is 18.2 Å². The molecule has 4 fully saturated rings. The molecule has 0 amide bonds. The van der Waals surface area contributed by atoms with Crippen LogP contribution in [-0.2, 0) is 6.42 Å². The van der Waals surface area contributed by atoms with Crippen molar-refractivity contribution in [3.8, 4) is 35.4 Å². The Hall–Kier alpha value is -3.55. The van der Waals surface area contributed by atoms with E-state index in [1.54, 1.807) is 18.3 Å². The molecule has 2 bridgehead atoms. The molecule has 0 radical (unpaired) electrons. The average Bonchev–Trinajstić information content (AvgIpc) is 3.73. The SMILES string of the molecule is C#CC1CCc2cc(O)cc(-c3ncc4c(N5C[C@H]6CC[C@@H](C5)N6)nc(OC[C@@]56CCCN5C[C@H](F)C6)nc4c3F)c21. The number of piperazine rings is 1. The average molecular weight is 573 g/mol. The number of ether oxygens (including phenoxy) is 1. The Labute approximate surface area is 243 Å². The summed E-state index contributed by atoms with van der Waals surface area (Å²) in [7, 11) is 0. The van der Waals surface area contributed by atoms with Gasteiger partial charge >= 0.3 is 6.01 Å². The van der Waals surface area contributed by atoms with E-state index in [0.717, 1.165) is 69.3 Å². The maximum Gasteiger partial charge on any atom is 0.319 e. The highest BCUT2D eigenvalue weighted by atomic mass is 19.1. The number of aryl methyl sites for hydroxylation is 1. The molecule has 4 aliphatic heterocycles. The molecule has 5 atom stereocenters. The second-order valence-electron chi connectivity index (χ2n) is 12.7. The highest BCUT2D eigenvalue weighted by Gasteiger charge is 2.49. The van der Waals surface area contributed by atoms with Crippen molar-refractivity contribution in [2.45, 2.75) is 74.7 Å². The molecule has 8 rings (SSSR count). The largest absolute Gasteiger partial charge is 0.508 e. The number of pyridine rings is 1. The molecule has 0 spiro atoms. The number of benzene rings is 1. The standard InChI is InChI=1S/C32H34F2N6O2/c1-2-18-4-5-19-10-23(41)11-24(26(18)19)28-27(34)29-25(13-35-28)30(39-15-21-6-7-22(16-39)36-21)38-31(37-29)42-17-32-8-3-9-40(32)14-20(33)12-32/h1,10-11,13,18,20-22,36,41H,3-9,12,14-17H2/t18?,20-,21-,22+,32+/m1/s1. The first-order valence-corrected chi connectivity index (χ1v) is 15.1. The van der Waals surface area contributed by atoms with Crippen LogP contribution in [0.1, 0.15) is 55.6 Å². The van der Waals surface area contributed by atoms with Crippen LogP contribution in [-0.4, -0.2) is 81.5 Å². The number of hydrogen-bond acceptors (Lipinski definition) is 8. The fraction of sp³-hybridized carbons (Fsp3) is 0.531. The van der Waals surface area contributed by atoms with Gasteiger partial charge in [-0.05, 0) is 68.3 Å². The number of nitrogens with zero attached hydrogens (tertiary/aromatic N) is 5. The molecule has 3 aromatic rings. The molecule has 1 unspecified atom stereocenters. The van der Waals surface area contributed by atoms with Gasteiger partial charge in [-0.1, -0.05) is 5.92 Å². The number of phenolic OH excluding ortho intramolecular Hbond substituents is 1. The normalized spacial score (nSPS) is 30.1. The minimum Gasteiger partial charge on any atom is -0.508 e. The number of phenols is 1. The summed E-state index contributed by atoms with van der Waals surface area (Å²) in [5.41, 5.74) is 2.10. The Morgan fingerprint density at radius 3 is 2.81 bits per heavy atom. The maximum absolute atomic E-state index is 16.7. The van der Waals surface area contributed by atoms with Gasteiger partial charge < -0.3 is 20.1 Å². The Kier molecular flexibility index (Phi) is 6.06. The lowest BCUT2D eigenvalue weighted by molar-refractivity contribution is 0.107. The van der Waals surface area contributed by atoms with Crippen molar-refractivity contribution in [3.05, 3.63) is 35.3 Å². The van der Waals surface area contributed by atoms with Gasteiger partial charge in [0.1, 0.15) is 35.6 Å². The second kappa shape index (κ2) is 9.75. The Balaban J connectivity index is 1.24. The van der Waals surface area contributed by atoms with Gasteiger partial charge in [0.05, 0.1) is 10.9 Å². The second-order valence-corrected chi connectivity index (χ2v) is 12.7. The molecule has 6 heterocycles. The first kappa shape index (κ1) is 26.1. The van der Waals surface area contributed by atoms with Crippen LogP contribution in [0.4, 0.5) is 14.6 Å². The van der Waals surface area contributed by atoms with Crippen molar-refractivity contribution in [1.29, 1.82) is 0 Å². The van der Waals surface area contributed by atoms with Gasteiger partial charge in [0, 0.05) is 55.8 Å². The lowest BCUT2D eigenvalue weighted by Gasteiger charge is -2.34. The number of anilines is 1. The summed E-state index contributed by atoms with van der Waals surface area (Å²) in [4.78, 5) is 18.4. The van der Waals surface area contributed by atoms with Gasteiger partial charge in [0.2, 0.25) is 0 Å². The zero-order chi connectivity index (χ0) is 28.6. The summed E-state index contributed by atoms with van der Waals surface area (Å²) in [5, 5.41) is 14.6. The molecule has 0 saturated carbocycles. The number of rotatable bonds is 5. The number of terminal acetylenes is 1. The predicted molar refractivity (Wildman–Crippen MR) is 155 cm³/mol. The van der Waals surface area contributed by atoms with E-state index in [1.165, 1.54) is 0 Å². The summed E-state index contributed by atoms with van der Waals surface area (Å²) in [6.45, 7) is 3.03. The number of alkyl halides is 1. The molecule has 10 heteroatoms. The summed E-state index contributed by atoms with van der Waals surface area (Å²) in [6.07, 6.45) is 12.5. The fourth-order valence-corrected chi connectivity index (χ4v) is 8.25. The third-order valence-electron chi connectivity index (χ3n) is 10.1. The molecule has 42 heavy (non-hydrogen) atoms. The summed E-state index contributed by atoms with van der Waals surface area (Å²) in [6, 6.07) is 4.02. The third-order valence-corrected chi connectivity index (χ3v) is 10.1. The predicted octanol–water partition coefficient (Wildman–Crippen LogP) is 4.10. The van der Waals surface area contributed by atoms with Crippen LogP contribution in [0.15, 0.2) is 18.3 Å². The smallest absolute Gasteiger partial charge is 0.319 e. The van der Waals surface area contributed by atoms with E-state index >= 15 is 4.39 Å². The molecule has 4 saturated heterocycles. The molecule has 8 nitrogen and oxygen atoms in total. The Bertz CT molecular complexity index is 1620. The molecular weight excluding hydrogens is 538 g/mol. The lowest BCUT2D eigenvalue weighted by Crippen LogP contribution is -2.51. The lowest BCUT2D eigenvalue weighted by atomic mass is 9.93. The van der Waals surface area contributed by atoms with Crippen LogP contribution in [0.2, 0.25) is 0 Å². The quantitative estimate of drug-likeness (QED) is 0.443. The molecular formula is C32H34F2N6O2. The third kappa shape index (κ3) is 4.12. The zero-order valence-corrected chi connectivity index (χ0v) is 23.5. The highest BCUT2D eigenvalue weighted by molar-refractivity contribution is 5.92. The van der Waals surface area contributed by atoms with Crippen molar-refractivity contribution < 1.29 is 18.6 Å². The fourth-order valence-electron chi connectivity index (χ4n) is 8.25. The van der Waals surface area contributed by atoms with Crippen LogP contribution in [0.25, 0.3) is 22.2 Å². The van der Waals surface area contributed by atoms with Crippen LogP contribution in [0.5, 0.6) is 11.8 Å². The van der Waals surface area contributed by atoms with Crippen LogP contribution >= 0.6 is 0 Å². The van der Waals surface area contributed by atoms with Crippen LogP contribution in [0.3, 0.4) is 0 Å². The summed E-state index contributed by atoms with van der Waals surface area (Å²) >= 11 is 0. The first-order chi connectivity index (χ1) is 20.4. The number of hydrogen-bond donors (Lipinski definition) is 2. The van der Waals surface area contributed by atoms with Gasteiger partial charge in [-0.25, -0.2) is 8.78 Å². The van der Waals surface area contributed by atoms with E-state index in [1.807, 2.05) is 0 Å². The number of fused-ring (bicyclic) bond motifs is 5. The van der Waals surface area contributed by atoms with E-state index < -0.39 is 12.0 Å². The molecule has 1 aromatic carbocycles. The minimum atomic E-state index is -0.875. The van der Waals surface area contributed by atoms with E-state index in [-0.39, 0.29) is 41.0 Å². The van der Waals surface area contributed by atoms with Crippen molar-refractivity contribution in [3.63, 3.8) is 0 Å². The Morgan fingerprint density at radius 2 is 2.00 bits per heavy atom. The van der Waals surface area contributed by atoms with Gasteiger partial charge in [0.15, 0.2) is 5.82 Å². The van der Waals surface area contributed by atoms with Crippen molar-refractivity contribution in [2.24, 2.45) is 0 Å². The van der Waals surface area contributed by atoms with Gasteiger partial charge in [-0.2, -0.15) is 9.97 Å². The summed E-state index contributed by atoms with van der Waals surface area (Å²) in [5.74, 6) is 2.70. The van der Waals surface area contributed by atoms with Gasteiger partial charge in [-0.15, -0.1) is 6.42 Å². The topological polar surface area (TPSA) is 86.6 Å². The molecule has 2 aromatic heterocycles. The number of aromatic hydroxyl groups is 1. The van der Waals surface area contributed by atoms with Gasteiger partial charge in [0.25, 0.3) is 0 Å². The molecule has 2 N–H and O–H groups in total. The minimum absolute atomic E-state index is 0.0505. The van der Waals surface area contributed by atoms with Crippen molar-refractivity contribution in [1.82, 2.24) is 25.2 Å². The van der Waals surface area contributed by atoms with Crippen molar-refractivity contribution in [2.75, 3.05) is 37.7 Å². The zero-order valence-electron chi connectivity index (χ0n) is 23.5. The summed E-state index contributed by atoms with van der Waals surface area (Å²) < 4.78 is 37.3. The van der Waals surface area contributed by atoms with Crippen molar-refractivity contribution >= 4 is 16.7 Å². The molecule has 5 aliphatic rings. The van der Waals surface area contributed by atoms with Gasteiger partial charge in [-0.3, -0.25) is 9.88 Å². The number of halogens is 2. The van der Waals surface area contributed by atoms with E-state index in [9.17, 15) is 9.50 Å². The van der Waals surface area contributed by atoms with Crippen LogP contribution < -0.4 is 15.0 Å². The maximum atomic E-state index is 16.7.